The van der Waals surface area contributed by atoms with Gasteiger partial charge in [-0.3, -0.25) is 13.9 Å². The van der Waals surface area contributed by atoms with E-state index in [1.807, 2.05) is 0 Å². The summed E-state index contributed by atoms with van der Waals surface area (Å²) in [5, 5.41) is 42.0. The molecule has 30 heavy (non-hydrogen) atoms. The molecule has 1 unspecified atom stereocenters. The monoisotopic (exact) mass is 420 g/mol. The van der Waals surface area contributed by atoms with E-state index >= 15 is 0 Å². The SMILES string of the molecule is Cn1c(=O)c2c(ncn2CCN[C@@H](CO)[C@H](O)c2ccc([NH+]([O-])O)cc2)n(C)c1=O. The standard InChI is InChI=1S/C18H24N6O6/c1-21-16-14(17(27)22(2)18(21)28)23(10-20-16)8-7-19-13(9-25)15(26)11-3-5-12(6-4-11)24(29)30/h3-6,10,13,15,19,24-26,29H,7-9H2,1-2H3/t13-,15+/m0/s1. The first-order valence-electron chi connectivity index (χ1n) is 9.22. The van der Waals surface area contributed by atoms with Crippen LogP contribution in [0.15, 0.2) is 40.2 Å². The Morgan fingerprint density at radius 1 is 1.20 bits per heavy atom. The van der Waals surface area contributed by atoms with Gasteiger partial charge in [-0.05, 0) is 5.56 Å². The number of fused-ring (bicyclic) bond motifs is 1. The van der Waals surface area contributed by atoms with Crippen LogP contribution < -0.4 is 21.8 Å². The normalized spacial score (nSPS) is 14.7. The third-order valence-corrected chi connectivity index (χ3v) is 5.05. The van der Waals surface area contributed by atoms with Gasteiger partial charge in [0.25, 0.3) is 5.56 Å². The molecule has 3 aromatic rings. The quantitative estimate of drug-likeness (QED) is 0.250. The van der Waals surface area contributed by atoms with Crippen LogP contribution in [0.2, 0.25) is 0 Å². The molecule has 0 aliphatic heterocycles. The molecular formula is C18H24N6O6. The highest BCUT2D eigenvalue weighted by atomic mass is 16.8. The molecule has 0 saturated carbocycles. The van der Waals surface area contributed by atoms with Gasteiger partial charge >= 0.3 is 5.69 Å². The number of hydrogen-bond donors (Lipinski definition) is 5. The first-order valence-corrected chi connectivity index (χ1v) is 9.22. The molecule has 0 aliphatic rings. The second-order valence-electron chi connectivity index (χ2n) is 6.93. The second-order valence-corrected chi connectivity index (χ2v) is 6.93. The fraction of sp³-hybridized carbons (Fsp3) is 0.389. The predicted molar refractivity (Wildman–Crippen MR) is 106 cm³/mol. The summed E-state index contributed by atoms with van der Waals surface area (Å²) in [7, 11) is 2.93. The summed E-state index contributed by atoms with van der Waals surface area (Å²) >= 11 is 0. The van der Waals surface area contributed by atoms with Crippen molar-refractivity contribution in [3.05, 3.63) is 62.2 Å². The molecule has 12 heteroatoms. The lowest BCUT2D eigenvalue weighted by Crippen LogP contribution is -2.99. The summed E-state index contributed by atoms with van der Waals surface area (Å²) in [6.07, 6.45) is 0.397. The zero-order valence-corrected chi connectivity index (χ0v) is 16.5. The van der Waals surface area contributed by atoms with Crippen molar-refractivity contribution in [1.82, 2.24) is 24.0 Å². The van der Waals surface area contributed by atoms with Gasteiger partial charge in [0.05, 0.1) is 25.1 Å². The van der Waals surface area contributed by atoms with Gasteiger partial charge in [0, 0.05) is 39.3 Å². The Hall–Kier alpha value is -2.87. The largest absolute Gasteiger partial charge is 0.595 e. The van der Waals surface area contributed by atoms with Crippen LogP contribution in [0.5, 0.6) is 0 Å². The number of benzene rings is 1. The van der Waals surface area contributed by atoms with Crippen molar-refractivity contribution in [3.63, 3.8) is 0 Å². The Bertz CT molecular complexity index is 1130. The van der Waals surface area contributed by atoms with E-state index in [0.717, 1.165) is 4.57 Å². The minimum absolute atomic E-state index is 0.0995. The predicted octanol–water partition coefficient (Wildman–Crippen LogP) is -2.48. The van der Waals surface area contributed by atoms with E-state index in [9.17, 15) is 25.0 Å². The van der Waals surface area contributed by atoms with Crippen molar-refractivity contribution in [2.75, 3.05) is 13.2 Å². The van der Waals surface area contributed by atoms with Crippen molar-refractivity contribution in [2.45, 2.75) is 18.7 Å². The lowest BCUT2D eigenvalue weighted by atomic mass is 10.0. The van der Waals surface area contributed by atoms with E-state index in [1.54, 1.807) is 4.57 Å². The third kappa shape index (κ3) is 4.05. The first kappa shape index (κ1) is 21.8. The lowest BCUT2D eigenvalue weighted by molar-refractivity contribution is -0.991. The fourth-order valence-electron chi connectivity index (χ4n) is 3.27. The maximum Gasteiger partial charge on any atom is 0.332 e. The van der Waals surface area contributed by atoms with Gasteiger partial charge in [0.15, 0.2) is 16.9 Å². The van der Waals surface area contributed by atoms with Crippen LogP contribution in [0.4, 0.5) is 5.69 Å². The highest BCUT2D eigenvalue weighted by Gasteiger charge is 2.20. The Balaban J connectivity index is 1.72. The topological polar surface area (TPSA) is 162 Å². The van der Waals surface area contributed by atoms with Gasteiger partial charge in [-0.2, -0.15) is 5.23 Å². The zero-order valence-electron chi connectivity index (χ0n) is 16.5. The van der Waals surface area contributed by atoms with Crippen LogP contribution in [0.25, 0.3) is 11.2 Å². The van der Waals surface area contributed by atoms with E-state index in [1.165, 1.54) is 49.3 Å². The maximum atomic E-state index is 12.5. The van der Waals surface area contributed by atoms with Crippen LogP contribution in [-0.2, 0) is 20.6 Å². The number of nitrogens with zero attached hydrogens (tertiary/aromatic N) is 4. The number of aryl methyl sites for hydroxylation is 1. The van der Waals surface area contributed by atoms with E-state index < -0.39 is 28.6 Å². The van der Waals surface area contributed by atoms with Crippen LogP contribution >= 0.6 is 0 Å². The van der Waals surface area contributed by atoms with Gasteiger partial charge in [-0.1, -0.05) is 12.1 Å². The molecule has 2 aromatic heterocycles. The van der Waals surface area contributed by atoms with Crippen molar-refractivity contribution >= 4 is 16.9 Å². The van der Waals surface area contributed by atoms with Gasteiger partial charge < -0.3 is 25.3 Å². The molecule has 0 aliphatic carbocycles. The van der Waals surface area contributed by atoms with Gasteiger partial charge in [0.1, 0.15) is 0 Å². The smallest absolute Gasteiger partial charge is 0.332 e. The van der Waals surface area contributed by atoms with Crippen molar-refractivity contribution in [1.29, 1.82) is 0 Å². The molecule has 12 nitrogen and oxygen atoms in total. The zero-order chi connectivity index (χ0) is 22.0. The summed E-state index contributed by atoms with van der Waals surface area (Å²) in [6.45, 7) is 0.251. The van der Waals surface area contributed by atoms with E-state index in [2.05, 4.69) is 10.3 Å². The number of rotatable bonds is 8. The molecule has 1 aromatic carbocycles. The van der Waals surface area contributed by atoms with E-state index in [-0.39, 0.29) is 23.5 Å². The number of nitrogens with one attached hydrogen (secondary N) is 2. The average molecular weight is 420 g/mol. The number of hydrogen-bond acceptors (Lipinski definition) is 8. The molecule has 0 spiro atoms. The van der Waals surface area contributed by atoms with E-state index in [4.69, 9.17) is 5.21 Å². The van der Waals surface area contributed by atoms with Gasteiger partial charge in [-0.15, -0.1) is 0 Å². The Labute approximate surface area is 170 Å². The molecule has 162 valence electrons. The Morgan fingerprint density at radius 3 is 2.47 bits per heavy atom. The van der Waals surface area contributed by atoms with Gasteiger partial charge in [0.2, 0.25) is 0 Å². The number of imidazole rings is 1. The Morgan fingerprint density at radius 2 is 1.87 bits per heavy atom. The van der Waals surface area contributed by atoms with Crippen LogP contribution in [0.3, 0.4) is 0 Å². The first-order chi connectivity index (χ1) is 14.3. The average Bonchev–Trinajstić information content (AvgIpc) is 3.17. The van der Waals surface area contributed by atoms with E-state index in [0.29, 0.717) is 18.7 Å². The summed E-state index contributed by atoms with van der Waals surface area (Å²) in [5.41, 5.74) is 0.203. The van der Waals surface area contributed by atoms with Crippen molar-refractivity contribution in [3.8, 4) is 0 Å². The molecule has 0 radical (unpaired) electrons. The Kier molecular flexibility index (Phi) is 6.45. The van der Waals surface area contributed by atoms with Crippen LogP contribution in [-0.4, -0.2) is 53.3 Å². The fourth-order valence-corrected chi connectivity index (χ4v) is 3.27. The minimum atomic E-state index is -1.07. The minimum Gasteiger partial charge on any atom is -0.595 e. The molecule has 0 fully saturated rings. The molecule has 3 rings (SSSR count). The van der Waals surface area contributed by atoms with Gasteiger partial charge in [-0.25, -0.2) is 15.0 Å². The molecule has 0 saturated heterocycles. The van der Waals surface area contributed by atoms with Crippen LogP contribution in [0, 0.1) is 5.21 Å². The number of aromatic nitrogens is 4. The molecule has 2 heterocycles. The highest BCUT2D eigenvalue weighted by Crippen LogP contribution is 2.18. The molecule has 0 amide bonds. The van der Waals surface area contributed by atoms with Crippen molar-refractivity contribution in [2.24, 2.45) is 14.1 Å². The molecule has 5 N–H and O–H groups in total. The number of aliphatic hydroxyl groups is 2. The molecule has 3 atom stereocenters. The summed E-state index contributed by atoms with van der Waals surface area (Å²) in [5.74, 6) is 0. The summed E-state index contributed by atoms with van der Waals surface area (Å²) < 4.78 is 3.91. The number of quaternary nitrogens is 1. The highest BCUT2D eigenvalue weighted by molar-refractivity contribution is 5.69. The number of aliphatic hydroxyl groups excluding tert-OH is 2. The van der Waals surface area contributed by atoms with Crippen LogP contribution in [0.1, 0.15) is 11.7 Å². The summed E-state index contributed by atoms with van der Waals surface area (Å²) in [6, 6.07) is 5.04. The molecular weight excluding hydrogens is 396 g/mol. The lowest BCUT2D eigenvalue weighted by Gasteiger charge is -2.23. The summed E-state index contributed by atoms with van der Waals surface area (Å²) in [4.78, 5) is 28.6. The second kappa shape index (κ2) is 8.87. The molecule has 0 bridgehead atoms. The maximum absolute atomic E-state index is 12.5. The van der Waals surface area contributed by atoms with Crippen molar-refractivity contribution < 1.29 is 20.6 Å². The third-order valence-electron chi connectivity index (χ3n) is 5.05.